The maximum Gasteiger partial charge on any atom is 0.343 e. The molecular formula is C28H33N3O6. The van der Waals surface area contributed by atoms with Crippen LogP contribution in [0.3, 0.4) is 0 Å². The molecule has 9 nitrogen and oxygen atoms in total. The normalized spacial score (nSPS) is 13.9. The molecule has 0 spiro atoms. The Morgan fingerprint density at radius 2 is 1.49 bits per heavy atom. The molecular weight excluding hydrogens is 474 g/mol. The zero-order valence-corrected chi connectivity index (χ0v) is 21.4. The Balaban J connectivity index is 1.78. The van der Waals surface area contributed by atoms with Gasteiger partial charge in [-0.15, -0.1) is 0 Å². The van der Waals surface area contributed by atoms with Gasteiger partial charge in [0.05, 0.1) is 19.9 Å². The minimum Gasteiger partial charge on any atom is -0.497 e. The molecule has 0 saturated carbocycles. The minimum absolute atomic E-state index is 0.0566. The van der Waals surface area contributed by atoms with Crippen molar-refractivity contribution in [3.63, 3.8) is 0 Å². The molecule has 2 N–H and O–H groups in total. The molecule has 0 atom stereocenters. The van der Waals surface area contributed by atoms with E-state index >= 15 is 0 Å². The predicted molar refractivity (Wildman–Crippen MR) is 139 cm³/mol. The zero-order chi connectivity index (χ0) is 26.5. The second-order valence-electron chi connectivity index (χ2n) is 9.03. The summed E-state index contributed by atoms with van der Waals surface area (Å²) in [5, 5.41) is 20.4. The molecule has 1 saturated heterocycles. The van der Waals surface area contributed by atoms with Gasteiger partial charge in [0.25, 0.3) is 0 Å². The highest BCUT2D eigenvalue weighted by atomic mass is 16.5. The van der Waals surface area contributed by atoms with Crippen LogP contribution in [0.25, 0.3) is 22.4 Å². The van der Waals surface area contributed by atoms with Crippen molar-refractivity contribution in [1.82, 2.24) is 14.5 Å². The van der Waals surface area contributed by atoms with Gasteiger partial charge in [-0.25, -0.2) is 9.86 Å². The van der Waals surface area contributed by atoms with Crippen LogP contribution in [-0.2, 0) is 11.3 Å². The fraction of sp³-hybridized carbons (Fsp3) is 0.357. The maximum atomic E-state index is 12.4. The summed E-state index contributed by atoms with van der Waals surface area (Å²) in [5.74, 6) is 0.580. The van der Waals surface area contributed by atoms with Gasteiger partial charge in [0.15, 0.2) is 0 Å². The smallest absolute Gasteiger partial charge is 0.343 e. The van der Waals surface area contributed by atoms with Crippen molar-refractivity contribution in [1.29, 1.82) is 0 Å². The number of aliphatic carboxylic acids is 1. The molecule has 196 valence electrons. The zero-order valence-electron chi connectivity index (χ0n) is 21.4. The van der Waals surface area contributed by atoms with Crippen LogP contribution >= 0.6 is 0 Å². The number of likely N-dealkylation sites (tertiary alicyclic amines) is 1. The average Bonchev–Trinajstić information content (AvgIpc) is 3.30. The first-order chi connectivity index (χ1) is 17.9. The minimum atomic E-state index is -0.931. The molecule has 2 aromatic carbocycles. The largest absolute Gasteiger partial charge is 0.497 e. The third-order valence-corrected chi connectivity index (χ3v) is 6.89. The molecule has 4 rings (SSSR count). The van der Waals surface area contributed by atoms with E-state index in [1.807, 2.05) is 53.1 Å². The SMILES string of the molecule is CCN(O)C(=O)N1CCC(c2cc(-c3ccc(OC)cc3)c(-c3ccc(OC)cc3)n2CC(=O)O)CC1. The number of carbonyl (C=O) groups is 2. The van der Waals surface area contributed by atoms with Crippen LogP contribution in [0.1, 0.15) is 31.4 Å². The molecule has 1 aliphatic rings. The second-order valence-corrected chi connectivity index (χ2v) is 9.03. The number of piperidine rings is 1. The molecule has 1 aliphatic heterocycles. The Bertz CT molecular complexity index is 1230. The number of hydroxylamine groups is 2. The number of hydrogen-bond donors (Lipinski definition) is 2. The first-order valence-electron chi connectivity index (χ1n) is 12.4. The fourth-order valence-corrected chi connectivity index (χ4v) is 4.93. The van der Waals surface area contributed by atoms with Gasteiger partial charge in [0.1, 0.15) is 18.0 Å². The quantitative estimate of drug-likeness (QED) is 0.331. The molecule has 2 heterocycles. The lowest BCUT2D eigenvalue weighted by Crippen LogP contribution is -2.45. The number of rotatable bonds is 8. The second kappa shape index (κ2) is 11.4. The maximum absolute atomic E-state index is 12.4. The van der Waals surface area contributed by atoms with Crippen molar-refractivity contribution in [2.45, 2.75) is 32.2 Å². The van der Waals surface area contributed by atoms with Gasteiger partial charge in [-0.05, 0) is 73.4 Å². The Morgan fingerprint density at radius 1 is 0.946 bits per heavy atom. The number of carboxylic acid groups (broad SMARTS) is 1. The number of amides is 2. The predicted octanol–water partition coefficient (Wildman–Crippen LogP) is 4.93. The van der Waals surface area contributed by atoms with Crippen molar-refractivity contribution in [3.05, 3.63) is 60.3 Å². The van der Waals surface area contributed by atoms with E-state index in [9.17, 15) is 19.9 Å². The van der Waals surface area contributed by atoms with Crippen molar-refractivity contribution >= 4 is 12.0 Å². The third-order valence-electron chi connectivity index (χ3n) is 6.89. The number of aromatic nitrogens is 1. The van der Waals surface area contributed by atoms with E-state index in [0.717, 1.165) is 38.9 Å². The number of nitrogens with zero attached hydrogens (tertiary/aromatic N) is 3. The number of hydrogen-bond acceptors (Lipinski definition) is 5. The monoisotopic (exact) mass is 507 g/mol. The summed E-state index contributed by atoms with van der Waals surface area (Å²) in [7, 11) is 3.23. The van der Waals surface area contributed by atoms with Crippen molar-refractivity contribution in [2.24, 2.45) is 0 Å². The number of carboxylic acids is 1. The average molecular weight is 508 g/mol. The molecule has 2 amide bonds. The lowest BCUT2D eigenvalue weighted by atomic mass is 9.92. The van der Waals surface area contributed by atoms with Crippen LogP contribution in [0.2, 0.25) is 0 Å². The summed E-state index contributed by atoms with van der Waals surface area (Å²) < 4.78 is 12.5. The summed E-state index contributed by atoms with van der Waals surface area (Å²) in [6.07, 6.45) is 1.33. The summed E-state index contributed by atoms with van der Waals surface area (Å²) >= 11 is 0. The van der Waals surface area contributed by atoms with Gasteiger partial charge in [-0.3, -0.25) is 10.0 Å². The Labute approximate surface area is 216 Å². The Hall–Kier alpha value is -3.98. The number of carbonyl (C=O) groups excluding carboxylic acids is 1. The topological polar surface area (TPSA) is 104 Å². The number of methoxy groups -OCH3 is 2. The van der Waals surface area contributed by atoms with E-state index in [-0.39, 0.29) is 19.0 Å². The Kier molecular flexibility index (Phi) is 8.03. The van der Waals surface area contributed by atoms with Crippen LogP contribution in [0, 0.1) is 0 Å². The van der Waals surface area contributed by atoms with E-state index in [2.05, 4.69) is 6.07 Å². The number of ether oxygens (including phenoxy) is 2. The first kappa shape index (κ1) is 26.1. The van der Waals surface area contributed by atoms with Crippen molar-refractivity contribution in [3.8, 4) is 33.9 Å². The van der Waals surface area contributed by atoms with E-state index < -0.39 is 12.0 Å². The van der Waals surface area contributed by atoms with Gasteiger partial charge >= 0.3 is 12.0 Å². The van der Waals surface area contributed by atoms with E-state index in [4.69, 9.17) is 9.47 Å². The third kappa shape index (κ3) is 5.56. The molecule has 0 radical (unpaired) electrons. The van der Waals surface area contributed by atoms with E-state index in [1.54, 1.807) is 26.0 Å². The van der Waals surface area contributed by atoms with Crippen molar-refractivity contribution in [2.75, 3.05) is 33.9 Å². The molecule has 37 heavy (non-hydrogen) atoms. The summed E-state index contributed by atoms with van der Waals surface area (Å²) in [5.41, 5.74) is 4.49. The summed E-state index contributed by atoms with van der Waals surface area (Å²) in [6.45, 7) is 2.71. The standard InChI is InChI=1S/C28H33N3O6/c1-4-31(35)28(34)29-15-13-20(14-16-29)25-17-24(19-5-9-22(36-2)10-6-19)27(30(25)18-26(32)33)21-7-11-23(37-3)12-8-21/h5-12,17,20,35H,4,13-16,18H2,1-3H3,(H,32,33). The molecule has 0 unspecified atom stereocenters. The molecule has 0 bridgehead atoms. The highest BCUT2D eigenvalue weighted by Gasteiger charge is 2.30. The van der Waals surface area contributed by atoms with Gasteiger partial charge < -0.3 is 24.0 Å². The molecule has 9 heteroatoms. The molecule has 3 aromatic rings. The highest BCUT2D eigenvalue weighted by Crippen LogP contribution is 2.41. The number of benzene rings is 2. The Morgan fingerprint density at radius 3 is 1.97 bits per heavy atom. The lowest BCUT2D eigenvalue weighted by Gasteiger charge is -2.34. The molecule has 1 aromatic heterocycles. The van der Waals surface area contributed by atoms with E-state index in [0.29, 0.717) is 31.7 Å². The van der Waals surface area contributed by atoms with Gasteiger partial charge in [-0.1, -0.05) is 12.1 Å². The van der Waals surface area contributed by atoms with Gasteiger partial charge in [0.2, 0.25) is 0 Å². The van der Waals surface area contributed by atoms with Crippen LogP contribution in [0.5, 0.6) is 11.5 Å². The molecule has 1 fully saturated rings. The van der Waals surface area contributed by atoms with Gasteiger partial charge in [-0.2, -0.15) is 0 Å². The van der Waals surface area contributed by atoms with Crippen molar-refractivity contribution < 1.29 is 29.4 Å². The molecule has 0 aliphatic carbocycles. The van der Waals surface area contributed by atoms with Crippen LogP contribution in [0.4, 0.5) is 4.79 Å². The fourth-order valence-electron chi connectivity index (χ4n) is 4.93. The first-order valence-corrected chi connectivity index (χ1v) is 12.4. The van der Waals surface area contributed by atoms with Gasteiger partial charge in [0, 0.05) is 36.8 Å². The summed E-state index contributed by atoms with van der Waals surface area (Å²) in [6, 6.07) is 17.0. The number of urea groups is 1. The van der Waals surface area contributed by atoms with E-state index in [1.165, 1.54) is 0 Å². The van der Waals surface area contributed by atoms with Crippen LogP contribution in [-0.4, -0.2) is 70.7 Å². The van der Waals surface area contributed by atoms with Crippen LogP contribution < -0.4 is 9.47 Å². The lowest BCUT2D eigenvalue weighted by molar-refractivity contribution is -0.137. The highest BCUT2D eigenvalue weighted by molar-refractivity contribution is 5.84. The van der Waals surface area contributed by atoms with Crippen LogP contribution in [0.15, 0.2) is 54.6 Å². The summed E-state index contributed by atoms with van der Waals surface area (Å²) in [4.78, 5) is 26.1.